The van der Waals surface area contributed by atoms with E-state index in [4.69, 9.17) is 4.74 Å². The average molecular weight is 253 g/mol. The van der Waals surface area contributed by atoms with Crippen LogP contribution in [-0.2, 0) is 9.53 Å². The first-order valence-electron chi connectivity index (χ1n) is 6.72. The minimum Gasteiger partial charge on any atom is -0.465 e. The molecule has 0 aliphatic heterocycles. The van der Waals surface area contributed by atoms with Gasteiger partial charge in [-0.2, -0.15) is 0 Å². The van der Waals surface area contributed by atoms with E-state index >= 15 is 0 Å². The molecule has 3 rings (SSSR count). The number of carbonyl (C=O) groups is 1. The second kappa shape index (κ2) is 4.34. The van der Waals surface area contributed by atoms with Crippen LogP contribution in [0.5, 0.6) is 0 Å². The van der Waals surface area contributed by atoms with Crippen molar-refractivity contribution in [3.63, 3.8) is 0 Å². The fourth-order valence-electron chi connectivity index (χ4n) is 3.55. The molecule has 3 aliphatic carbocycles. The quantitative estimate of drug-likeness (QED) is 0.780. The van der Waals surface area contributed by atoms with E-state index in [1.807, 2.05) is 6.92 Å². The molecule has 0 saturated heterocycles. The molecule has 3 saturated carbocycles. The van der Waals surface area contributed by atoms with E-state index in [2.05, 4.69) is 18.8 Å². The Kier molecular flexibility index (Phi) is 3.26. The van der Waals surface area contributed by atoms with Crippen molar-refractivity contribution in [3.05, 3.63) is 0 Å². The van der Waals surface area contributed by atoms with Crippen LogP contribution in [0.3, 0.4) is 0 Å². The average Bonchev–Trinajstić information content (AvgIpc) is 2.26. The van der Waals surface area contributed by atoms with E-state index in [1.165, 1.54) is 0 Å². The molecule has 3 atom stereocenters. The lowest BCUT2D eigenvalue weighted by Crippen LogP contribution is -2.64. The molecule has 18 heavy (non-hydrogen) atoms. The van der Waals surface area contributed by atoms with Gasteiger partial charge in [-0.1, -0.05) is 13.8 Å². The Bertz CT molecular complexity index is 385. The third-order valence-corrected chi connectivity index (χ3v) is 4.88. The van der Waals surface area contributed by atoms with Crippen molar-refractivity contribution in [3.8, 4) is 0 Å². The third kappa shape index (κ3) is 1.96. The van der Waals surface area contributed by atoms with Crippen molar-refractivity contribution in [2.24, 2.45) is 22.2 Å². The molecule has 0 spiro atoms. The summed E-state index contributed by atoms with van der Waals surface area (Å²) in [6.07, 6.45) is 1.87. The van der Waals surface area contributed by atoms with Crippen molar-refractivity contribution < 1.29 is 14.6 Å². The summed E-state index contributed by atoms with van der Waals surface area (Å²) in [7, 11) is 0. The number of carbonyl (C=O) groups excluding carboxylic acids is 1. The molecule has 0 heterocycles. The van der Waals surface area contributed by atoms with Crippen LogP contribution in [0.1, 0.15) is 40.5 Å². The summed E-state index contributed by atoms with van der Waals surface area (Å²) in [5, 5.41) is 10.6. The highest BCUT2D eigenvalue weighted by Crippen LogP contribution is 2.61. The highest BCUT2D eigenvalue weighted by atomic mass is 16.5. The largest absolute Gasteiger partial charge is 0.465 e. The molecule has 0 aromatic heterocycles. The van der Waals surface area contributed by atoms with E-state index in [0.29, 0.717) is 12.5 Å². The van der Waals surface area contributed by atoms with Gasteiger partial charge in [0.2, 0.25) is 0 Å². The minimum atomic E-state index is -0.870. The molecule has 4 nitrogen and oxygen atoms in total. The van der Waals surface area contributed by atoms with E-state index in [9.17, 15) is 9.90 Å². The van der Waals surface area contributed by atoms with E-state index in [0.717, 1.165) is 18.6 Å². The van der Waals surface area contributed by atoms with Crippen LogP contribution in [0.4, 0.5) is 0 Å². The lowest BCUT2D eigenvalue weighted by atomic mass is 9.44. The molecular weight excluding hydrogens is 230 g/mol. The van der Waals surface area contributed by atoms with Crippen LogP contribution in [0.25, 0.3) is 0 Å². The van der Waals surface area contributed by atoms with Crippen LogP contribution in [-0.4, -0.2) is 35.5 Å². The number of esters is 1. The minimum absolute atomic E-state index is 0.0270. The summed E-state index contributed by atoms with van der Waals surface area (Å²) < 4.78 is 4.85. The van der Waals surface area contributed by atoms with Crippen LogP contribution in [0, 0.1) is 17.3 Å². The Balaban J connectivity index is 2.08. The van der Waals surface area contributed by atoms with Crippen molar-refractivity contribution in [1.29, 1.82) is 0 Å². The molecule has 3 fully saturated rings. The summed E-state index contributed by atoms with van der Waals surface area (Å²) in [6.45, 7) is 8.43. The maximum Gasteiger partial charge on any atom is 0.327 e. The number of ether oxygens (including phenoxy) is 1. The van der Waals surface area contributed by atoms with Gasteiger partial charge in [0, 0.05) is 5.71 Å². The Morgan fingerprint density at radius 3 is 2.67 bits per heavy atom. The van der Waals surface area contributed by atoms with Crippen LogP contribution >= 0.6 is 0 Å². The first kappa shape index (κ1) is 13.5. The number of aliphatic hydroxyl groups is 1. The Labute approximate surface area is 108 Å². The standard InChI is InChI=1S/C14H23NO3/c1-5-18-12(16)8-15-11-7-9-6-10(13(9,2)3)14(11,4)17/h9-10,17H,5-8H2,1-4H3/b15-11+/t9?,10-,14-/m0/s1. The van der Waals surface area contributed by atoms with Gasteiger partial charge in [-0.3, -0.25) is 9.79 Å². The first-order valence-corrected chi connectivity index (χ1v) is 6.72. The summed E-state index contributed by atoms with van der Waals surface area (Å²) >= 11 is 0. The van der Waals surface area contributed by atoms with Gasteiger partial charge in [0.25, 0.3) is 0 Å². The number of fused-ring (bicyclic) bond motifs is 2. The zero-order valence-electron chi connectivity index (χ0n) is 11.7. The zero-order valence-corrected chi connectivity index (χ0v) is 11.7. The van der Waals surface area contributed by atoms with Gasteiger partial charge in [-0.15, -0.1) is 0 Å². The Morgan fingerprint density at radius 2 is 2.17 bits per heavy atom. The molecule has 1 N–H and O–H groups in total. The molecular formula is C14H23NO3. The molecule has 0 radical (unpaired) electrons. The van der Waals surface area contributed by atoms with E-state index < -0.39 is 5.60 Å². The molecule has 1 unspecified atom stereocenters. The molecule has 4 heteroatoms. The van der Waals surface area contributed by atoms with Gasteiger partial charge < -0.3 is 9.84 Å². The summed E-state index contributed by atoms with van der Waals surface area (Å²) in [5.74, 6) is 0.521. The zero-order chi connectivity index (χ0) is 13.6. The molecule has 0 aromatic rings. The second-order valence-electron chi connectivity index (χ2n) is 6.23. The fraction of sp³-hybridized carbons (Fsp3) is 0.857. The Hall–Kier alpha value is -0.900. The molecule has 3 aliphatic rings. The van der Waals surface area contributed by atoms with Crippen LogP contribution in [0.15, 0.2) is 4.99 Å². The van der Waals surface area contributed by atoms with Crippen LogP contribution < -0.4 is 0 Å². The lowest BCUT2D eigenvalue weighted by Gasteiger charge is -2.62. The summed E-state index contributed by atoms with van der Waals surface area (Å²) in [5.41, 5.74) is 0.0909. The normalized spacial score (nSPS) is 39.3. The number of hydrogen-bond donors (Lipinski definition) is 1. The van der Waals surface area contributed by atoms with Crippen molar-refractivity contribution in [2.75, 3.05) is 13.2 Å². The first-order chi connectivity index (χ1) is 8.30. The van der Waals surface area contributed by atoms with Gasteiger partial charge in [0.1, 0.15) is 12.1 Å². The van der Waals surface area contributed by atoms with Crippen molar-refractivity contribution >= 4 is 11.7 Å². The second-order valence-corrected chi connectivity index (χ2v) is 6.23. The SMILES string of the molecule is CCOC(=O)C/N=C1\CC2C[C@@H](C2(C)C)[C@]1(C)O. The summed E-state index contributed by atoms with van der Waals surface area (Å²) in [4.78, 5) is 15.6. The number of nitrogens with zero attached hydrogens (tertiary/aromatic N) is 1. The lowest BCUT2D eigenvalue weighted by molar-refractivity contribution is -0.141. The number of rotatable bonds is 3. The van der Waals surface area contributed by atoms with Crippen molar-refractivity contribution in [1.82, 2.24) is 0 Å². The maximum atomic E-state index is 11.3. The number of aliphatic imine (C=N–C) groups is 1. The molecule has 2 bridgehead atoms. The van der Waals surface area contributed by atoms with Gasteiger partial charge in [0.05, 0.1) is 6.61 Å². The van der Waals surface area contributed by atoms with Crippen LogP contribution in [0.2, 0.25) is 0 Å². The predicted molar refractivity (Wildman–Crippen MR) is 69.6 cm³/mol. The highest BCUT2D eigenvalue weighted by molar-refractivity contribution is 5.95. The predicted octanol–water partition coefficient (Wildman–Crippen LogP) is 1.81. The number of hydrogen-bond acceptors (Lipinski definition) is 4. The monoisotopic (exact) mass is 253 g/mol. The third-order valence-electron chi connectivity index (χ3n) is 4.88. The van der Waals surface area contributed by atoms with Gasteiger partial charge in [-0.05, 0) is 43.9 Å². The highest BCUT2D eigenvalue weighted by Gasteiger charge is 2.61. The Morgan fingerprint density at radius 1 is 1.50 bits per heavy atom. The fourth-order valence-corrected chi connectivity index (χ4v) is 3.55. The van der Waals surface area contributed by atoms with Gasteiger partial charge >= 0.3 is 5.97 Å². The maximum absolute atomic E-state index is 11.3. The van der Waals surface area contributed by atoms with Gasteiger partial charge in [0.15, 0.2) is 0 Å². The molecule has 102 valence electrons. The van der Waals surface area contributed by atoms with E-state index in [1.54, 1.807) is 6.92 Å². The molecule has 0 aromatic carbocycles. The summed E-state index contributed by atoms with van der Waals surface area (Å²) in [6, 6.07) is 0. The smallest absolute Gasteiger partial charge is 0.327 e. The van der Waals surface area contributed by atoms with E-state index in [-0.39, 0.29) is 23.8 Å². The topological polar surface area (TPSA) is 58.9 Å². The molecule has 0 amide bonds. The van der Waals surface area contributed by atoms with Crippen molar-refractivity contribution in [2.45, 2.75) is 46.1 Å². The van der Waals surface area contributed by atoms with Gasteiger partial charge in [-0.25, -0.2) is 0 Å².